The van der Waals surface area contributed by atoms with E-state index in [1.807, 2.05) is 24.3 Å². The normalized spacial score (nSPS) is 14.5. The monoisotopic (exact) mass is 440 g/mol. The second-order valence-corrected chi connectivity index (χ2v) is 7.85. The summed E-state index contributed by atoms with van der Waals surface area (Å²) in [5, 5.41) is 6.83. The van der Waals surface area contributed by atoms with Crippen molar-refractivity contribution in [3.8, 4) is 0 Å². The third-order valence-corrected chi connectivity index (χ3v) is 5.67. The molecule has 3 aromatic rings. The molecule has 1 aromatic heterocycles. The average molecular weight is 441 g/mol. The molecule has 2 N–H and O–H groups in total. The Morgan fingerprint density at radius 2 is 1.84 bits per heavy atom. The lowest BCUT2D eigenvalue weighted by atomic mass is 10.2. The minimum Gasteiger partial charge on any atom is -0.379 e. The Bertz CT molecular complexity index is 1080. The maximum Gasteiger partial charge on any atom is 0.253 e. The third-order valence-electron chi connectivity index (χ3n) is 5.34. The number of nitrogens with one attached hydrogen (secondary N) is 2. The largest absolute Gasteiger partial charge is 0.379 e. The molecule has 2 heterocycles. The molecule has 1 fully saturated rings. The number of hydrogen-bond acceptors (Lipinski definition) is 4. The van der Waals surface area contributed by atoms with Crippen molar-refractivity contribution in [2.75, 3.05) is 44.7 Å². The van der Waals surface area contributed by atoms with Gasteiger partial charge in [0.1, 0.15) is 0 Å². The van der Waals surface area contributed by atoms with Crippen LogP contribution in [0.5, 0.6) is 0 Å². The van der Waals surface area contributed by atoms with Gasteiger partial charge in [0, 0.05) is 49.0 Å². The first-order valence-corrected chi connectivity index (χ1v) is 10.7. The predicted octanol–water partition coefficient (Wildman–Crippen LogP) is 3.00. The SMILES string of the molecule is O=C(CNC(=O)c1ccccc1Cl)Nc1ccc2c(ccn2CCN2CCOCC2)c1. The summed E-state index contributed by atoms with van der Waals surface area (Å²) in [6, 6.07) is 14.6. The molecule has 0 aliphatic carbocycles. The van der Waals surface area contributed by atoms with E-state index in [-0.39, 0.29) is 18.4 Å². The molecule has 0 unspecified atom stereocenters. The Hall–Kier alpha value is -2.87. The molecule has 1 saturated heterocycles. The number of benzene rings is 2. The van der Waals surface area contributed by atoms with E-state index in [4.69, 9.17) is 16.3 Å². The Balaban J connectivity index is 1.31. The van der Waals surface area contributed by atoms with Crippen molar-refractivity contribution in [1.82, 2.24) is 14.8 Å². The van der Waals surface area contributed by atoms with Crippen molar-refractivity contribution in [2.24, 2.45) is 0 Å². The Labute approximate surface area is 185 Å². The number of carbonyl (C=O) groups is 2. The van der Waals surface area contributed by atoms with Crippen LogP contribution in [-0.2, 0) is 16.1 Å². The number of hydrogen-bond donors (Lipinski definition) is 2. The van der Waals surface area contributed by atoms with Gasteiger partial charge in [-0.2, -0.15) is 0 Å². The Morgan fingerprint density at radius 1 is 1.03 bits per heavy atom. The minimum atomic E-state index is -0.381. The summed E-state index contributed by atoms with van der Waals surface area (Å²) in [4.78, 5) is 26.9. The zero-order chi connectivity index (χ0) is 21.6. The molecule has 0 atom stereocenters. The van der Waals surface area contributed by atoms with Crippen molar-refractivity contribution in [3.05, 3.63) is 65.3 Å². The van der Waals surface area contributed by atoms with Gasteiger partial charge in [0.2, 0.25) is 5.91 Å². The van der Waals surface area contributed by atoms with E-state index in [0.717, 1.165) is 50.3 Å². The van der Waals surface area contributed by atoms with Crippen LogP contribution in [0.3, 0.4) is 0 Å². The fraction of sp³-hybridized carbons (Fsp3) is 0.304. The van der Waals surface area contributed by atoms with Gasteiger partial charge < -0.3 is 19.9 Å². The van der Waals surface area contributed by atoms with Gasteiger partial charge in [-0.15, -0.1) is 0 Å². The maximum absolute atomic E-state index is 12.3. The summed E-state index contributed by atoms with van der Waals surface area (Å²) in [6.45, 7) is 5.30. The highest BCUT2D eigenvalue weighted by atomic mass is 35.5. The summed E-state index contributed by atoms with van der Waals surface area (Å²) in [5.74, 6) is -0.681. The molecule has 162 valence electrons. The fourth-order valence-electron chi connectivity index (χ4n) is 3.65. The average Bonchev–Trinajstić information content (AvgIpc) is 3.19. The fourth-order valence-corrected chi connectivity index (χ4v) is 3.87. The van der Waals surface area contributed by atoms with E-state index in [9.17, 15) is 9.59 Å². The van der Waals surface area contributed by atoms with Crippen LogP contribution in [-0.4, -0.2) is 60.7 Å². The molecule has 0 spiro atoms. The second kappa shape index (κ2) is 9.96. The highest BCUT2D eigenvalue weighted by Gasteiger charge is 2.13. The molecular formula is C23H25ClN4O3. The number of morpholine rings is 1. The quantitative estimate of drug-likeness (QED) is 0.592. The number of amides is 2. The van der Waals surface area contributed by atoms with Gasteiger partial charge in [0.15, 0.2) is 0 Å². The van der Waals surface area contributed by atoms with Crippen LogP contribution in [0.15, 0.2) is 54.7 Å². The molecule has 7 nitrogen and oxygen atoms in total. The molecule has 0 radical (unpaired) electrons. The van der Waals surface area contributed by atoms with Crippen molar-refractivity contribution in [3.63, 3.8) is 0 Å². The van der Waals surface area contributed by atoms with Crippen molar-refractivity contribution in [1.29, 1.82) is 0 Å². The summed E-state index contributed by atoms with van der Waals surface area (Å²) < 4.78 is 7.62. The highest BCUT2D eigenvalue weighted by Crippen LogP contribution is 2.21. The first kappa shape index (κ1) is 21.4. The minimum absolute atomic E-state index is 0.136. The van der Waals surface area contributed by atoms with Crippen molar-refractivity contribution >= 4 is 40.0 Å². The van der Waals surface area contributed by atoms with Crippen LogP contribution in [0.4, 0.5) is 5.69 Å². The number of anilines is 1. The summed E-state index contributed by atoms with van der Waals surface area (Å²) in [5.41, 5.74) is 2.16. The number of nitrogens with zero attached hydrogens (tertiary/aromatic N) is 2. The van der Waals surface area contributed by atoms with Gasteiger partial charge in [-0.1, -0.05) is 23.7 Å². The molecule has 8 heteroatoms. The molecule has 4 rings (SSSR count). The number of aromatic nitrogens is 1. The van der Waals surface area contributed by atoms with E-state index in [1.165, 1.54) is 0 Å². The van der Waals surface area contributed by atoms with Gasteiger partial charge in [-0.25, -0.2) is 0 Å². The number of carbonyl (C=O) groups excluding carboxylic acids is 2. The second-order valence-electron chi connectivity index (χ2n) is 7.45. The van der Waals surface area contributed by atoms with E-state index < -0.39 is 0 Å². The molecule has 31 heavy (non-hydrogen) atoms. The third kappa shape index (κ3) is 5.44. The lowest BCUT2D eigenvalue weighted by Gasteiger charge is -2.26. The Kier molecular flexibility index (Phi) is 6.86. The van der Waals surface area contributed by atoms with Gasteiger partial charge in [0.05, 0.1) is 30.3 Å². The lowest BCUT2D eigenvalue weighted by Crippen LogP contribution is -2.38. The van der Waals surface area contributed by atoms with Crippen molar-refractivity contribution in [2.45, 2.75) is 6.54 Å². The zero-order valence-corrected chi connectivity index (χ0v) is 17.9. The van der Waals surface area contributed by atoms with Gasteiger partial charge >= 0.3 is 0 Å². The number of ether oxygens (including phenoxy) is 1. The standard InChI is InChI=1S/C23H25ClN4O3/c24-20-4-2-1-3-19(20)23(30)25-16-22(29)26-18-5-6-21-17(15-18)7-8-28(21)10-9-27-11-13-31-14-12-27/h1-8,15H,9-14,16H2,(H,25,30)(H,26,29). The predicted molar refractivity (Wildman–Crippen MR) is 122 cm³/mol. The summed E-state index contributed by atoms with van der Waals surface area (Å²) >= 11 is 6.02. The smallest absolute Gasteiger partial charge is 0.253 e. The Morgan fingerprint density at radius 3 is 2.65 bits per heavy atom. The van der Waals surface area contributed by atoms with Crippen LogP contribution in [0.2, 0.25) is 5.02 Å². The molecule has 1 aliphatic heterocycles. The summed E-state index contributed by atoms with van der Waals surface area (Å²) in [6.07, 6.45) is 2.07. The van der Waals surface area contributed by atoms with Crippen LogP contribution in [0.1, 0.15) is 10.4 Å². The van der Waals surface area contributed by atoms with Gasteiger partial charge in [-0.3, -0.25) is 14.5 Å². The van der Waals surface area contributed by atoms with Crippen molar-refractivity contribution < 1.29 is 14.3 Å². The topological polar surface area (TPSA) is 75.6 Å². The van der Waals surface area contributed by atoms with E-state index >= 15 is 0 Å². The summed E-state index contributed by atoms with van der Waals surface area (Å²) in [7, 11) is 0. The first-order valence-electron chi connectivity index (χ1n) is 10.3. The number of fused-ring (bicyclic) bond motifs is 1. The molecule has 1 aliphatic rings. The van der Waals surface area contributed by atoms with Gasteiger partial charge in [0.25, 0.3) is 5.91 Å². The molecule has 2 amide bonds. The maximum atomic E-state index is 12.3. The first-order chi connectivity index (χ1) is 15.1. The lowest BCUT2D eigenvalue weighted by molar-refractivity contribution is -0.115. The van der Waals surface area contributed by atoms with Crippen LogP contribution < -0.4 is 10.6 Å². The van der Waals surface area contributed by atoms with E-state index in [1.54, 1.807) is 24.3 Å². The van der Waals surface area contributed by atoms with E-state index in [0.29, 0.717) is 16.3 Å². The number of rotatable bonds is 7. The van der Waals surface area contributed by atoms with Crippen LogP contribution >= 0.6 is 11.6 Å². The molecule has 0 saturated carbocycles. The van der Waals surface area contributed by atoms with Gasteiger partial charge in [-0.05, 0) is 36.4 Å². The molecule has 0 bridgehead atoms. The van der Waals surface area contributed by atoms with Crippen LogP contribution in [0.25, 0.3) is 10.9 Å². The molecule has 2 aromatic carbocycles. The number of halogens is 1. The molecular weight excluding hydrogens is 416 g/mol. The zero-order valence-electron chi connectivity index (χ0n) is 17.1. The van der Waals surface area contributed by atoms with Crippen LogP contribution in [0, 0.1) is 0 Å². The highest BCUT2D eigenvalue weighted by molar-refractivity contribution is 6.33. The van der Waals surface area contributed by atoms with E-state index in [2.05, 4.69) is 26.3 Å².